The number of hydrogen-bond donors (Lipinski definition) is 0. The van der Waals surface area contributed by atoms with Gasteiger partial charge in [-0.15, -0.1) is 66.5 Å². The third kappa shape index (κ3) is 3.78. The Hall–Kier alpha value is 0.524. The molecule has 0 bridgehead atoms. The maximum absolute atomic E-state index is 6.37. The number of aromatic nitrogens is 2. The fraction of sp³-hybridized carbons (Fsp3) is 0. The highest BCUT2D eigenvalue weighted by molar-refractivity contribution is 7.68. The van der Waals surface area contributed by atoms with Crippen molar-refractivity contribution in [1.29, 1.82) is 0 Å². The van der Waals surface area contributed by atoms with E-state index in [9.17, 15) is 0 Å². The highest BCUT2D eigenvalue weighted by atomic mass is 35.8. The summed E-state index contributed by atoms with van der Waals surface area (Å²) in [6.07, 6.45) is 0.867. The van der Waals surface area contributed by atoms with Gasteiger partial charge in [-0.1, -0.05) is 12.1 Å². The zero-order valence-corrected chi connectivity index (χ0v) is 18.5. The molecule has 14 heteroatoms. The van der Waals surface area contributed by atoms with E-state index in [0.29, 0.717) is 0 Å². The number of halogens is 6. The van der Waals surface area contributed by atoms with E-state index in [4.69, 9.17) is 66.5 Å². The number of rotatable bonds is 4. The van der Waals surface area contributed by atoms with Crippen LogP contribution in [0.4, 0.5) is 0 Å². The molecule has 0 amide bonds. The number of pyridine rings is 2. The molecule has 1 aliphatic rings. The van der Waals surface area contributed by atoms with Crippen LogP contribution >= 0.6 is 66.5 Å². The van der Waals surface area contributed by atoms with Gasteiger partial charge in [-0.3, -0.25) is 8.96 Å². The molecule has 1 aliphatic heterocycles. The zero-order valence-electron chi connectivity index (χ0n) is 12.0. The van der Waals surface area contributed by atoms with Gasteiger partial charge in [0.15, 0.2) is 0 Å². The van der Waals surface area contributed by atoms with Gasteiger partial charge in [0.1, 0.15) is 24.8 Å². The van der Waals surface area contributed by atoms with Crippen LogP contribution in [0.3, 0.4) is 0 Å². The topological polar surface area (TPSA) is 14.2 Å². The highest BCUT2D eigenvalue weighted by Crippen LogP contribution is 2.39. The molecule has 0 aromatic carbocycles. The first kappa shape index (κ1) is 19.3. The van der Waals surface area contributed by atoms with E-state index in [0.717, 1.165) is 0 Å². The van der Waals surface area contributed by atoms with E-state index in [1.54, 1.807) is 8.78 Å². The quantitative estimate of drug-likeness (QED) is 0.497. The molecule has 0 saturated carbocycles. The van der Waals surface area contributed by atoms with Gasteiger partial charge < -0.3 is 0 Å². The molecule has 0 aliphatic carbocycles. The maximum atomic E-state index is 6.37. The average molecular weight is 477 g/mol. The maximum Gasteiger partial charge on any atom is 0.666 e. The van der Waals surface area contributed by atoms with Gasteiger partial charge in [0.25, 0.3) is 0 Å². The lowest BCUT2D eigenvalue weighted by molar-refractivity contribution is -0.575. The van der Waals surface area contributed by atoms with E-state index in [1.165, 1.54) is 0 Å². The van der Waals surface area contributed by atoms with Crippen molar-refractivity contribution < 1.29 is 8.96 Å². The van der Waals surface area contributed by atoms with E-state index in [1.807, 2.05) is 70.1 Å². The minimum Gasteiger partial charge on any atom is -0.260 e. The summed E-state index contributed by atoms with van der Waals surface area (Å²) in [5, 5.41) is 0. The lowest BCUT2D eigenvalue weighted by atomic mass is 9.62. The Labute approximate surface area is 171 Å². The molecule has 4 nitrogen and oxygen atoms in total. The molecule has 0 unspecified atom stereocenters. The molecule has 3 heterocycles. The first-order chi connectivity index (χ1) is 11.2. The predicted octanol–water partition coefficient (Wildman–Crippen LogP) is 2.55. The molecule has 1 saturated heterocycles. The van der Waals surface area contributed by atoms with Gasteiger partial charge in [-0.05, 0) is 24.3 Å². The summed E-state index contributed by atoms with van der Waals surface area (Å²) in [5.74, 6) is 0. The van der Waals surface area contributed by atoms with Crippen LogP contribution in [0.1, 0.15) is 0 Å². The van der Waals surface area contributed by atoms with E-state index < -0.39 is 26.6 Å². The van der Waals surface area contributed by atoms with Crippen molar-refractivity contribution in [3.05, 3.63) is 61.2 Å². The predicted molar refractivity (Wildman–Crippen MR) is 106 cm³/mol. The Kier molecular flexibility index (Phi) is 5.84. The summed E-state index contributed by atoms with van der Waals surface area (Å²) in [6.45, 7) is 0. The fourth-order valence-electron chi connectivity index (χ4n) is 2.67. The van der Waals surface area contributed by atoms with E-state index in [-0.39, 0.29) is 0 Å². The molecular weight excluding hydrogens is 467 g/mol. The molecule has 3 rings (SSSR count). The number of nitrogens with zero attached hydrogens (tertiary/aromatic N) is 4. The average Bonchev–Trinajstić information content (AvgIpc) is 2.45. The van der Waals surface area contributed by atoms with Crippen molar-refractivity contribution in [1.82, 2.24) is 8.78 Å². The summed E-state index contributed by atoms with van der Waals surface area (Å²) in [7, 11) is -0.940. The van der Waals surface area contributed by atoms with Crippen LogP contribution in [0, 0.1) is 0 Å². The van der Waals surface area contributed by atoms with Crippen molar-refractivity contribution in [3.8, 4) is 0 Å². The lowest BCUT2D eigenvalue weighted by Gasteiger charge is -2.45. The van der Waals surface area contributed by atoms with Crippen LogP contribution in [0.5, 0.6) is 0 Å². The van der Waals surface area contributed by atoms with Crippen molar-refractivity contribution in [2.75, 3.05) is 0 Å². The second-order valence-corrected chi connectivity index (χ2v) is 21.3. The largest absolute Gasteiger partial charge is 0.666 e. The molecule has 0 N–H and O–H groups in total. The van der Waals surface area contributed by atoms with Crippen LogP contribution in [0.2, 0.25) is 0 Å². The van der Waals surface area contributed by atoms with Gasteiger partial charge in [0, 0.05) is 0 Å². The molecule has 124 valence electrons. The minimum absolute atomic E-state index is 0.470. The number of hydrogen-bond acceptors (Lipinski definition) is 2. The zero-order chi connectivity index (χ0) is 17.5. The third-order valence-electron chi connectivity index (χ3n) is 3.59. The van der Waals surface area contributed by atoms with Gasteiger partial charge in [-0.2, -0.15) is 0 Å². The fourth-order valence-corrected chi connectivity index (χ4v) is 8.12. The monoisotopic (exact) mass is 474 g/mol. The summed E-state index contributed by atoms with van der Waals surface area (Å²) in [6, 6.07) is 11.3. The lowest BCUT2D eigenvalue weighted by Crippen LogP contribution is -2.99. The van der Waals surface area contributed by atoms with Crippen LogP contribution < -0.4 is 8.96 Å². The molecule has 2 aromatic rings. The second-order valence-electron chi connectivity index (χ2n) is 5.09. The van der Waals surface area contributed by atoms with Crippen molar-refractivity contribution in [3.63, 3.8) is 0 Å². The normalized spacial score (nSPS) is 17.1. The Morgan fingerprint density at radius 3 is 1.08 bits per heavy atom. The Bertz CT molecular complexity index is 634. The SMILES string of the molecule is Cl[Si](Cl)(Cl)N1B([n+]2ccccc2)N([Si](Cl)(Cl)Cl)B1[n+]1ccccc1. The van der Waals surface area contributed by atoms with Crippen molar-refractivity contribution in [2.45, 2.75) is 0 Å². The highest BCUT2D eigenvalue weighted by Gasteiger charge is 2.82. The molecule has 0 spiro atoms. The van der Waals surface area contributed by atoms with Crippen LogP contribution in [0.15, 0.2) is 61.2 Å². The van der Waals surface area contributed by atoms with Crippen molar-refractivity contribution in [2.24, 2.45) is 0 Å². The summed E-state index contributed by atoms with van der Waals surface area (Å²) in [5.41, 5.74) is 0. The summed E-state index contributed by atoms with van der Waals surface area (Å²) < 4.78 is 7.30. The molecule has 2 aromatic heterocycles. The van der Waals surface area contributed by atoms with Crippen LogP contribution in [-0.2, 0) is 0 Å². The minimum atomic E-state index is -3.27. The van der Waals surface area contributed by atoms with E-state index >= 15 is 0 Å². The van der Waals surface area contributed by atoms with Crippen LogP contribution in [0.25, 0.3) is 0 Å². The van der Waals surface area contributed by atoms with Gasteiger partial charge in [0.2, 0.25) is 0 Å². The first-order valence-corrected chi connectivity index (χ1v) is 16.8. The Morgan fingerprint density at radius 2 is 0.833 bits per heavy atom. The molecule has 1 fully saturated rings. The van der Waals surface area contributed by atoms with Gasteiger partial charge >= 0.3 is 26.6 Å². The Morgan fingerprint density at radius 1 is 0.542 bits per heavy atom. The smallest absolute Gasteiger partial charge is 0.260 e. The standard InChI is InChI=1S/C10H10B2Cl6N4Si2/c13-23(14,15)21-11(19-7-3-1-4-8-19)22(24(16,17)18)12(21)20-9-5-2-6-10-20/h1-10H/q+2. The second kappa shape index (κ2) is 7.27. The molecule has 0 atom stereocenters. The van der Waals surface area contributed by atoms with E-state index in [2.05, 4.69) is 0 Å². The Balaban J connectivity index is 2.10. The molecular formula is C10H10B2Cl6N4Si2+2. The summed E-state index contributed by atoms with van der Waals surface area (Å²) in [4.78, 5) is 0. The van der Waals surface area contributed by atoms with Crippen molar-refractivity contribution >= 4 is 93.0 Å². The summed E-state index contributed by atoms with van der Waals surface area (Å²) >= 11 is 38.2. The molecule has 0 radical (unpaired) electrons. The van der Waals surface area contributed by atoms with Gasteiger partial charge in [-0.25, -0.2) is 8.78 Å². The first-order valence-electron chi connectivity index (χ1n) is 6.83. The molecule has 24 heavy (non-hydrogen) atoms. The third-order valence-corrected chi connectivity index (χ3v) is 9.20. The van der Waals surface area contributed by atoms with Gasteiger partial charge in [0.05, 0.1) is 0 Å². The van der Waals surface area contributed by atoms with Crippen LogP contribution in [-0.4, -0.2) is 35.3 Å².